The lowest BCUT2D eigenvalue weighted by Gasteiger charge is -2.17. The zero-order chi connectivity index (χ0) is 16.9. The normalized spacial score (nSPS) is 9.62. The maximum atomic E-state index is 11.2. The number of aromatic carboxylic acids is 1. The van der Waals surface area contributed by atoms with E-state index in [2.05, 4.69) is 11.6 Å². The minimum atomic E-state index is -1.06. The van der Waals surface area contributed by atoms with Gasteiger partial charge in [0.2, 0.25) is 5.24 Å². The molecule has 0 atom stereocenters. The topological polar surface area (TPSA) is 91.7 Å². The molecule has 116 valence electrons. The fourth-order valence-electron chi connectivity index (χ4n) is 2.05. The number of aliphatic carboxylic acids is 1. The zero-order valence-corrected chi connectivity index (χ0v) is 13.5. The summed E-state index contributed by atoms with van der Waals surface area (Å²) in [6.07, 6.45) is -0.255. The van der Waals surface area contributed by atoms with E-state index < -0.39 is 11.9 Å². The molecule has 5 nitrogen and oxygen atoms in total. The van der Waals surface area contributed by atoms with Crippen molar-refractivity contribution < 1.29 is 24.6 Å². The van der Waals surface area contributed by atoms with Gasteiger partial charge in [-0.3, -0.25) is 9.59 Å². The van der Waals surface area contributed by atoms with E-state index in [1.807, 2.05) is 13.8 Å². The van der Waals surface area contributed by atoms with Crippen LogP contribution in [0.25, 0.3) is 0 Å². The van der Waals surface area contributed by atoms with Crippen LogP contribution < -0.4 is 0 Å². The van der Waals surface area contributed by atoms with Crippen LogP contribution in [0.15, 0.2) is 0 Å². The van der Waals surface area contributed by atoms with Gasteiger partial charge in [0.15, 0.2) is 0 Å². The van der Waals surface area contributed by atoms with Gasteiger partial charge in [-0.25, -0.2) is 4.79 Å². The third kappa shape index (κ3) is 5.19. The van der Waals surface area contributed by atoms with Gasteiger partial charge in [-0.15, -0.1) is 0 Å². The molecule has 21 heavy (non-hydrogen) atoms. The molecular formula is C15H19ClO5. The van der Waals surface area contributed by atoms with E-state index in [0.29, 0.717) is 11.1 Å². The fourth-order valence-corrected chi connectivity index (χ4v) is 2.05. The second kappa shape index (κ2) is 7.78. The summed E-state index contributed by atoms with van der Waals surface area (Å²) >= 11 is 4.64. The molecule has 2 N–H and O–H groups in total. The minimum Gasteiger partial charge on any atom is -0.481 e. The van der Waals surface area contributed by atoms with E-state index in [0.717, 1.165) is 16.7 Å². The Morgan fingerprint density at radius 2 is 1.29 bits per heavy atom. The van der Waals surface area contributed by atoms with E-state index in [1.54, 1.807) is 13.8 Å². The van der Waals surface area contributed by atoms with Gasteiger partial charge in [0.1, 0.15) is 0 Å². The number of carboxylic acids is 2. The van der Waals surface area contributed by atoms with Crippen LogP contribution in [0.4, 0.5) is 0 Å². The van der Waals surface area contributed by atoms with Gasteiger partial charge in [-0.2, -0.15) is 0 Å². The highest BCUT2D eigenvalue weighted by atomic mass is 35.5. The summed E-state index contributed by atoms with van der Waals surface area (Å²) < 4.78 is 0. The molecule has 0 aliphatic rings. The van der Waals surface area contributed by atoms with Crippen molar-refractivity contribution in [2.45, 2.75) is 41.0 Å². The second-order valence-corrected chi connectivity index (χ2v) is 5.23. The van der Waals surface area contributed by atoms with Crippen molar-refractivity contribution >= 4 is 28.8 Å². The van der Waals surface area contributed by atoms with Crippen LogP contribution in [0.2, 0.25) is 0 Å². The molecule has 1 aromatic rings. The third-order valence-corrected chi connectivity index (χ3v) is 3.36. The van der Waals surface area contributed by atoms with Crippen LogP contribution in [0, 0.1) is 27.7 Å². The monoisotopic (exact) mass is 314 g/mol. The SMILES string of the molecule is CC(=O)Cl.Cc1c(C)c(C)c(C(=O)O)c(CC(=O)O)c1C. The molecule has 0 amide bonds. The molecule has 0 saturated heterocycles. The number of carbonyl (C=O) groups excluding carboxylic acids is 1. The van der Waals surface area contributed by atoms with Crippen LogP contribution in [0.1, 0.15) is 45.1 Å². The van der Waals surface area contributed by atoms with Crippen LogP contribution in [0.5, 0.6) is 0 Å². The Balaban J connectivity index is 0.000000885. The number of hydrogen-bond acceptors (Lipinski definition) is 3. The van der Waals surface area contributed by atoms with Crippen LogP contribution >= 0.6 is 11.6 Å². The summed E-state index contributed by atoms with van der Waals surface area (Å²) in [4.78, 5) is 31.3. The summed E-state index contributed by atoms with van der Waals surface area (Å²) in [5, 5.41) is 17.7. The van der Waals surface area contributed by atoms with Crippen molar-refractivity contribution in [3.63, 3.8) is 0 Å². The molecule has 1 aromatic carbocycles. The molecular weight excluding hydrogens is 296 g/mol. The Morgan fingerprint density at radius 1 is 0.905 bits per heavy atom. The van der Waals surface area contributed by atoms with Crippen molar-refractivity contribution in [3.05, 3.63) is 33.4 Å². The highest BCUT2D eigenvalue weighted by Crippen LogP contribution is 2.27. The molecule has 0 fully saturated rings. The summed E-state index contributed by atoms with van der Waals surface area (Å²) in [5.74, 6) is -2.08. The Labute approximate surface area is 128 Å². The van der Waals surface area contributed by atoms with Crippen LogP contribution in [0.3, 0.4) is 0 Å². The van der Waals surface area contributed by atoms with Crippen molar-refractivity contribution in [3.8, 4) is 0 Å². The maximum absolute atomic E-state index is 11.2. The van der Waals surface area contributed by atoms with Gasteiger partial charge >= 0.3 is 11.9 Å². The smallest absolute Gasteiger partial charge is 0.336 e. The molecule has 0 saturated carbocycles. The van der Waals surface area contributed by atoms with Gasteiger partial charge in [-0.05, 0) is 67.1 Å². The number of benzene rings is 1. The summed E-state index contributed by atoms with van der Waals surface area (Å²) in [7, 11) is 0. The predicted octanol–water partition coefficient (Wildman–Crippen LogP) is 3.02. The molecule has 0 aromatic heterocycles. The number of hydrogen-bond donors (Lipinski definition) is 2. The fraction of sp³-hybridized carbons (Fsp3) is 0.400. The molecule has 0 radical (unpaired) electrons. The van der Waals surface area contributed by atoms with Gasteiger partial charge in [-0.1, -0.05) is 0 Å². The minimum absolute atomic E-state index is 0.132. The largest absolute Gasteiger partial charge is 0.481 e. The number of halogens is 1. The number of rotatable bonds is 3. The van der Waals surface area contributed by atoms with Gasteiger partial charge in [0.25, 0.3) is 0 Å². The second-order valence-electron chi connectivity index (χ2n) is 4.70. The first kappa shape index (κ1) is 19.1. The summed E-state index contributed by atoms with van der Waals surface area (Å²) in [5.41, 5.74) is 3.82. The average molecular weight is 315 g/mol. The average Bonchev–Trinajstić information content (AvgIpc) is 2.31. The first-order valence-electron chi connectivity index (χ1n) is 6.21. The van der Waals surface area contributed by atoms with E-state index in [-0.39, 0.29) is 17.2 Å². The molecule has 0 bridgehead atoms. The van der Waals surface area contributed by atoms with Crippen molar-refractivity contribution in [2.75, 3.05) is 0 Å². The highest BCUT2D eigenvalue weighted by Gasteiger charge is 2.21. The zero-order valence-electron chi connectivity index (χ0n) is 12.7. The standard InChI is InChI=1S/C13H16O4.C2H3ClO/c1-6-7(2)9(4)12(13(16)17)10(8(6)3)5-11(14)15;1-2(3)4/h5H2,1-4H3,(H,14,15)(H,16,17);1H3. The first-order valence-corrected chi connectivity index (χ1v) is 6.58. The maximum Gasteiger partial charge on any atom is 0.336 e. The lowest BCUT2D eigenvalue weighted by Crippen LogP contribution is -2.14. The Kier molecular flexibility index (Phi) is 7.09. The molecule has 0 aliphatic carbocycles. The van der Waals surface area contributed by atoms with Gasteiger partial charge in [0, 0.05) is 6.92 Å². The molecule has 1 rings (SSSR count). The van der Waals surface area contributed by atoms with Gasteiger partial charge < -0.3 is 10.2 Å². The Bertz CT molecular complexity index is 586. The number of carboxylic acid groups (broad SMARTS) is 2. The highest BCUT2D eigenvalue weighted by molar-refractivity contribution is 6.62. The van der Waals surface area contributed by atoms with E-state index in [9.17, 15) is 19.5 Å². The Hall–Kier alpha value is -1.88. The first-order chi connectivity index (χ1) is 9.50. The molecule has 0 spiro atoms. The van der Waals surface area contributed by atoms with Crippen LogP contribution in [-0.2, 0) is 16.0 Å². The molecule has 0 unspecified atom stereocenters. The lowest BCUT2D eigenvalue weighted by molar-refractivity contribution is -0.136. The third-order valence-electron chi connectivity index (χ3n) is 3.36. The summed E-state index contributed by atoms with van der Waals surface area (Å²) in [6, 6.07) is 0. The van der Waals surface area contributed by atoms with E-state index >= 15 is 0 Å². The molecule has 0 aliphatic heterocycles. The molecule has 0 heterocycles. The Morgan fingerprint density at radius 3 is 1.62 bits per heavy atom. The lowest BCUT2D eigenvalue weighted by atomic mass is 9.87. The van der Waals surface area contributed by atoms with E-state index in [4.69, 9.17) is 5.11 Å². The quantitative estimate of drug-likeness (QED) is 0.837. The predicted molar refractivity (Wildman–Crippen MR) is 80.2 cm³/mol. The van der Waals surface area contributed by atoms with E-state index in [1.165, 1.54) is 6.92 Å². The van der Waals surface area contributed by atoms with Crippen molar-refractivity contribution in [2.24, 2.45) is 0 Å². The van der Waals surface area contributed by atoms with Crippen LogP contribution in [-0.4, -0.2) is 27.4 Å². The van der Waals surface area contributed by atoms with Crippen molar-refractivity contribution in [1.82, 2.24) is 0 Å². The number of carbonyl (C=O) groups is 3. The summed E-state index contributed by atoms with van der Waals surface area (Å²) in [6.45, 7) is 8.52. The molecule has 6 heteroatoms. The van der Waals surface area contributed by atoms with Crippen molar-refractivity contribution in [1.29, 1.82) is 0 Å². The van der Waals surface area contributed by atoms with Gasteiger partial charge in [0.05, 0.1) is 12.0 Å².